The summed E-state index contributed by atoms with van der Waals surface area (Å²) in [4.78, 5) is 16.2. The predicted octanol–water partition coefficient (Wildman–Crippen LogP) is 2.64. The lowest BCUT2D eigenvalue weighted by Crippen LogP contribution is -1.84. The van der Waals surface area contributed by atoms with Gasteiger partial charge in [-0.3, -0.25) is 4.98 Å². The van der Waals surface area contributed by atoms with Crippen LogP contribution in [0.25, 0.3) is 22.6 Å². The molecular formula is C13H12N4. The lowest BCUT2D eigenvalue weighted by atomic mass is 10.2. The van der Waals surface area contributed by atoms with Crippen LogP contribution in [0, 0.1) is 13.8 Å². The Balaban J connectivity index is 2.18. The second-order valence-electron chi connectivity index (χ2n) is 4.16. The van der Waals surface area contributed by atoms with Crippen molar-refractivity contribution < 1.29 is 0 Å². The van der Waals surface area contributed by atoms with E-state index in [-0.39, 0.29) is 0 Å². The van der Waals surface area contributed by atoms with Crippen molar-refractivity contribution in [3.63, 3.8) is 0 Å². The van der Waals surface area contributed by atoms with E-state index in [2.05, 4.69) is 19.9 Å². The molecule has 3 heterocycles. The summed E-state index contributed by atoms with van der Waals surface area (Å²) in [5.41, 5.74) is 4.85. The number of nitrogens with zero attached hydrogens (tertiary/aromatic N) is 3. The van der Waals surface area contributed by atoms with E-state index < -0.39 is 0 Å². The van der Waals surface area contributed by atoms with Gasteiger partial charge in [0.1, 0.15) is 5.82 Å². The van der Waals surface area contributed by atoms with Crippen molar-refractivity contribution >= 4 is 11.2 Å². The predicted molar refractivity (Wildman–Crippen MR) is 66.6 cm³/mol. The molecule has 0 amide bonds. The van der Waals surface area contributed by atoms with Gasteiger partial charge in [0, 0.05) is 23.7 Å². The Morgan fingerprint density at radius 1 is 1.12 bits per heavy atom. The smallest absolute Gasteiger partial charge is 0.178 e. The molecule has 3 aromatic rings. The number of hydrogen-bond donors (Lipinski definition) is 1. The van der Waals surface area contributed by atoms with Crippen molar-refractivity contribution in [2.24, 2.45) is 0 Å². The zero-order chi connectivity index (χ0) is 11.8. The van der Waals surface area contributed by atoms with E-state index in [1.54, 1.807) is 6.20 Å². The monoisotopic (exact) mass is 224 g/mol. The summed E-state index contributed by atoms with van der Waals surface area (Å²) in [5, 5.41) is 0. The number of imidazole rings is 1. The zero-order valence-corrected chi connectivity index (χ0v) is 9.73. The average Bonchev–Trinajstić information content (AvgIpc) is 2.72. The fourth-order valence-electron chi connectivity index (χ4n) is 1.83. The summed E-state index contributed by atoms with van der Waals surface area (Å²) >= 11 is 0. The molecule has 0 unspecified atom stereocenters. The van der Waals surface area contributed by atoms with Crippen LogP contribution in [-0.4, -0.2) is 19.9 Å². The van der Waals surface area contributed by atoms with Gasteiger partial charge in [-0.1, -0.05) is 0 Å². The largest absolute Gasteiger partial charge is 0.337 e. The van der Waals surface area contributed by atoms with Gasteiger partial charge in [-0.05, 0) is 37.6 Å². The number of H-pyrrole nitrogens is 1. The van der Waals surface area contributed by atoms with Crippen LogP contribution in [0.15, 0.2) is 30.6 Å². The van der Waals surface area contributed by atoms with Crippen molar-refractivity contribution in [2.75, 3.05) is 0 Å². The first-order chi connectivity index (χ1) is 8.22. The van der Waals surface area contributed by atoms with E-state index in [1.165, 1.54) is 0 Å². The Kier molecular flexibility index (Phi) is 2.14. The second-order valence-corrected chi connectivity index (χ2v) is 4.16. The van der Waals surface area contributed by atoms with Crippen LogP contribution in [0.2, 0.25) is 0 Å². The van der Waals surface area contributed by atoms with Gasteiger partial charge in [0.05, 0.1) is 5.52 Å². The van der Waals surface area contributed by atoms with E-state index in [0.717, 1.165) is 33.8 Å². The van der Waals surface area contributed by atoms with Crippen LogP contribution < -0.4 is 0 Å². The summed E-state index contributed by atoms with van der Waals surface area (Å²) in [7, 11) is 0. The van der Waals surface area contributed by atoms with Gasteiger partial charge in [0.15, 0.2) is 5.65 Å². The normalized spacial score (nSPS) is 10.9. The molecule has 84 valence electrons. The molecule has 0 radical (unpaired) electrons. The van der Waals surface area contributed by atoms with E-state index in [4.69, 9.17) is 0 Å². The first-order valence-corrected chi connectivity index (χ1v) is 5.48. The first-order valence-electron chi connectivity index (χ1n) is 5.48. The van der Waals surface area contributed by atoms with Gasteiger partial charge < -0.3 is 4.98 Å². The Bertz CT molecular complexity index is 685. The number of aryl methyl sites for hydroxylation is 2. The van der Waals surface area contributed by atoms with Gasteiger partial charge in [0.2, 0.25) is 0 Å². The maximum Gasteiger partial charge on any atom is 0.178 e. The fraction of sp³-hybridized carbons (Fsp3) is 0.154. The van der Waals surface area contributed by atoms with Crippen molar-refractivity contribution in [1.82, 2.24) is 19.9 Å². The van der Waals surface area contributed by atoms with Crippen LogP contribution in [0.4, 0.5) is 0 Å². The zero-order valence-electron chi connectivity index (χ0n) is 9.73. The molecule has 3 aromatic heterocycles. The minimum absolute atomic E-state index is 0.750. The molecule has 0 spiro atoms. The summed E-state index contributed by atoms with van der Waals surface area (Å²) in [6.07, 6.45) is 3.61. The summed E-state index contributed by atoms with van der Waals surface area (Å²) in [6, 6.07) is 6.00. The first kappa shape index (κ1) is 9.96. The number of aromatic amines is 1. The van der Waals surface area contributed by atoms with Gasteiger partial charge in [-0.25, -0.2) is 9.97 Å². The summed E-state index contributed by atoms with van der Waals surface area (Å²) in [5.74, 6) is 0.837. The molecule has 1 N–H and O–H groups in total. The van der Waals surface area contributed by atoms with Gasteiger partial charge in [-0.2, -0.15) is 0 Å². The third kappa shape index (κ3) is 1.78. The second kappa shape index (κ2) is 3.66. The molecule has 0 saturated heterocycles. The number of aromatic nitrogens is 4. The molecule has 17 heavy (non-hydrogen) atoms. The van der Waals surface area contributed by atoms with E-state index in [1.807, 2.05) is 38.2 Å². The van der Waals surface area contributed by atoms with Crippen molar-refractivity contribution in [3.05, 3.63) is 41.9 Å². The Morgan fingerprint density at radius 2 is 2.00 bits per heavy atom. The lowest BCUT2D eigenvalue weighted by molar-refractivity contribution is 1.19. The van der Waals surface area contributed by atoms with Crippen molar-refractivity contribution in [2.45, 2.75) is 13.8 Å². The van der Waals surface area contributed by atoms with Gasteiger partial charge in [-0.15, -0.1) is 0 Å². The van der Waals surface area contributed by atoms with Crippen LogP contribution in [0.3, 0.4) is 0 Å². The molecule has 4 nitrogen and oxygen atoms in total. The maximum atomic E-state index is 4.47. The SMILES string of the molecule is Cc1cnc2nc(-c3ccnc(C)c3)[nH]c2c1. The van der Waals surface area contributed by atoms with Crippen LogP contribution >= 0.6 is 0 Å². The van der Waals surface area contributed by atoms with Gasteiger partial charge >= 0.3 is 0 Å². The minimum atomic E-state index is 0.750. The third-order valence-corrected chi connectivity index (χ3v) is 2.64. The molecular weight excluding hydrogens is 212 g/mol. The summed E-state index contributed by atoms with van der Waals surface area (Å²) < 4.78 is 0. The number of nitrogens with one attached hydrogen (secondary N) is 1. The number of pyridine rings is 2. The standard InChI is InChI=1S/C13H12N4/c1-8-5-11-13(15-7-8)17-12(16-11)10-3-4-14-9(2)6-10/h3-7H,1-2H3,(H,15,16,17). The molecule has 0 atom stereocenters. The Labute approximate surface area is 98.8 Å². The quantitative estimate of drug-likeness (QED) is 0.691. The highest BCUT2D eigenvalue weighted by molar-refractivity contribution is 5.76. The lowest BCUT2D eigenvalue weighted by Gasteiger charge is -1.96. The highest BCUT2D eigenvalue weighted by Gasteiger charge is 2.06. The molecule has 0 bridgehead atoms. The minimum Gasteiger partial charge on any atom is -0.337 e. The summed E-state index contributed by atoms with van der Waals surface area (Å²) in [6.45, 7) is 3.98. The van der Waals surface area contributed by atoms with Crippen LogP contribution in [0.5, 0.6) is 0 Å². The number of fused-ring (bicyclic) bond motifs is 1. The Hall–Kier alpha value is -2.23. The number of hydrogen-bond acceptors (Lipinski definition) is 3. The molecule has 4 heteroatoms. The third-order valence-electron chi connectivity index (χ3n) is 2.64. The van der Waals surface area contributed by atoms with Gasteiger partial charge in [0.25, 0.3) is 0 Å². The molecule has 0 aromatic carbocycles. The molecule has 0 saturated carbocycles. The Morgan fingerprint density at radius 3 is 2.82 bits per heavy atom. The van der Waals surface area contributed by atoms with E-state index in [9.17, 15) is 0 Å². The fourth-order valence-corrected chi connectivity index (χ4v) is 1.83. The molecule has 0 aliphatic rings. The maximum absolute atomic E-state index is 4.47. The highest BCUT2D eigenvalue weighted by Crippen LogP contribution is 2.19. The number of rotatable bonds is 1. The van der Waals surface area contributed by atoms with E-state index in [0.29, 0.717) is 0 Å². The highest BCUT2D eigenvalue weighted by atomic mass is 15.0. The van der Waals surface area contributed by atoms with Crippen LogP contribution in [-0.2, 0) is 0 Å². The molecule has 0 aliphatic carbocycles. The topological polar surface area (TPSA) is 54.5 Å². The molecule has 0 aliphatic heterocycles. The van der Waals surface area contributed by atoms with E-state index >= 15 is 0 Å². The molecule has 3 rings (SSSR count). The van der Waals surface area contributed by atoms with Crippen molar-refractivity contribution in [3.8, 4) is 11.4 Å². The molecule has 0 fully saturated rings. The van der Waals surface area contributed by atoms with Crippen molar-refractivity contribution in [1.29, 1.82) is 0 Å². The average molecular weight is 224 g/mol. The van der Waals surface area contributed by atoms with Crippen LogP contribution in [0.1, 0.15) is 11.3 Å².